The molecular formula is C27H27Cl4N3O4S. The smallest absolute Gasteiger partial charge is 0.264 e. The van der Waals surface area contributed by atoms with Crippen molar-refractivity contribution in [2.45, 2.75) is 37.8 Å². The Balaban J connectivity index is 2.13. The van der Waals surface area contributed by atoms with Crippen LogP contribution in [0.4, 0.5) is 5.69 Å². The van der Waals surface area contributed by atoms with Crippen LogP contribution in [0.5, 0.6) is 0 Å². The van der Waals surface area contributed by atoms with Crippen LogP contribution in [0.2, 0.25) is 20.1 Å². The van der Waals surface area contributed by atoms with Gasteiger partial charge in [-0.15, -0.1) is 0 Å². The van der Waals surface area contributed by atoms with Crippen LogP contribution in [0.25, 0.3) is 0 Å². The van der Waals surface area contributed by atoms with Gasteiger partial charge in [0.1, 0.15) is 12.6 Å². The van der Waals surface area contributed by atoms with Gasteiger partial charge in [0.15, 0.2) is 0 Å². The quantitative estimate of drug-likeness (QED) is 0.283. The normalized spacial score (nSPS) is 12.1. The van der Waals surface area contributed by atoms with Gasteiger partial charge in [-0.1, -0.05) is 77.1 Å². The molecule has 3 rings (SSSR count). The molecule has 0 aliphatic heterocycles. The van der Waals surface area contributed by atoms with Gasteiger partial charge in [0, 0.05) is 39.2 Å². The number of amides is 2. The summed E-state index contributed by atoms with van der Waals surface area (Å²) in [5.41, 5.74) is 1.38. The van der Waals surface area contributed by atoms with Crippen molar-refractivity contribution in [3.63, 3.8) is 0 Å². The number of carbonyl (C=O) groups excluding carboxylic acids is 2. The average Bonchev–Trinajstić information content (AvgIpc) is 2.88. The highest BCUT2D eigenvalue weighted by Crippen LogP contribution is 2.31. The van der Waals surface area contributed by atoms with E-state index in [1.165, 1.54) is 42.3 Å². The van der Waals surface area contributed by atoms with E-state index in [9.17, 15) is 18.0 Å². The molecule has 0 unspecified atom stereocenters. The molecule has 208 valence electrons. The fourth-order valence-electron chi connectivity index (χ4n) is 3.99. The van der Waals surface area contributed by atoms with Crippen molar-refractivity contribution in [1.82, 2.24) is 10.2 Å². The molecule has 7 nitrogen and oxygen atoms in total. The van der Waals surface area contributed by atoms with Gasteiger partial charge in [0.2, 0.25) is 11.8 Å². The van der Waals surface area contributed by atoms with Crippen molar-refractivity contribution in [2.75, 3.05) is 17.9 Å². The summed E-state index contributed by atoms with van der Waals surface area (Å²) in [6.07, 6.45) is 0.251. The van der Waals surface area contributed by atoms with E-state index in [1.807, 2.05) is 6.92 Å². The standard InChI is InChI=1S/C27H27Cl4N3O4S/c1-4-25(27(36)32-3)33(15-22-23(30)6-5-7-24(22)31)26(35)16-34(20-13-18(28)12-19(29)14-20)39(37,38)21-10-8-17(2)9-11-21/h5-14,25H,4,15-16H2,1-3H3,(H,32,36)/t25-/m1/s1. The van der Waals surface area contributed by atoms with Gasteiger partial charge in [-0.25, -0.2) is 8.42 Å². The van der Waals surface area contributed by atoms with Gasteiger partial charge in [-0.2, -0.15) is 0 Å². The van der Waals surface area contributed by atoms with Crippen LogP contribution in [-0.4, -0.2) is 44.8 Å². The third kappa shape index (κ3) is 7.38. The first-order valence-electron chi connectivity index (χ1n) is 11.9. The van der Waals surface area contributed by atoms with E-state index in [4.69, 9.17) is 46.4 Å². The Kier molecular flexibility index (Phi) is 10.5. The zero-order chi connectivity index (χ0) is 28.9. The van der Waals surface area contributed by atoms with Crippen molar-refractivity contribution in [3.05, 3.63) is 91.9 Å². The van der Waals surface area contributed by atoms with Crippen LogP contribution in [-0.2, 0) is 26.2 Å². The Hall–Kier alpha value is -2.49. The summed E-state index contributed by atoms with van der Waals surface area (Å²) in [5, 5.41) is 3.54. The molecule has 39 heavy (non-hydrogen) atoms. The zero-order valence-electron chi connectivity index (χ0n) is 21.4. The third-order valence-electron chi connectivity index (χ3n) is 6.05. The molecule has 0 aromatic heterocycles. The van der Waals surface area contributed by atoms with E-state index in [0.717, 1.165) is 9.87 Å². The molecular weight excluding hydrogens is 604 g/mol. The van der Waals surface area contributed by atoms with Gasteiger partial charge >= 0.3 is 0 Å². The minimum atomic E-state index is -4.26. The summed E-state index contributed by atoms with van der Waals surface area (Å²) in [4.78, 5) is 28.0. The SMILES string of the molecule is CC[C@H](C(=O)NC)N(Cc1c(Cl)cccc1Cl)C(=O)CN(c1cc(Cl)cc(Cl)c1)S(=O)(=O)c1ccc(C)cc1. The lowest BCUT2D eigenvalue weighted by Gasteiger charge is -2.33. The van der Waals surface area contributed by atoms with Crippen LogP contribution in [0.1, 0.15) is 24.5 Å². The van der Waals surface area contributed by atoms with Gasteiger partial charge in [-0.3, -0.25) is 13.9 Å². The Morgan fingerprint density at radius 1 is 0.923 bits per heavy atom. The number of sulfonamides is 1. The second kappa shape index (κ2) is 13.2. The summed E-state index contributed by atoms with van der Waals surface area (Å²) < 4.78 is 28.7. The third-order valence-corrected chi connectivity index (χ3v) is 8.98. The summed E-state index contributed by atoms with van der Waals surface area (Å²) >= 11 is 25.2. The van der Waals surface area contributed by atoms with E-state index in [0.29, 0.717) is 15.6 Å². The number of hydrogen-bond donors (Lipinski definition) is 1. The number of nitrogens with one attached hydrogen (secondary N) is 1. The maximum Gasteiger partial charge on any atom is 0.264 e. The molecule has 1 N–H and O–H groups in total. The lowest BCUT2D eigenvalue weighted by atomic mass is 10.1. The minimum Gasteiger partial charge on any atom is -0.357 e. The first-order valence-corrected chi connectivity index (χ1v) is 14.8. The van der Waals surface area contributed by atoms with E-state index in [1.54, 1.807) is 37.3 Å². The molecule has 3 aromatic carbocycles. The number of rotatable bonds is 10. The zero-order valence-corrected chi connectivity index (χ0v) is 25.3. The Bertz CT molecular complexity index is 1430. The monoisotopic (exact) mass is 629 g/mol. The highest BCUT2D eigenvalue weighted by Gasteiger charge is 2.34. The fourth-order valence-corrected chi connectivity index (χ4v) is 6.42. The predicted molar refractivity (Wildman–Crippen MR) is 157 cm³/mol. The second-order valence-electron chi connectivity index (χ2n) is 8.71. The molecule has 0 saturated heterocycles. The second-order valence-corrected chi connectivity index (χ2v) is 12.3. The van der Waals surface area contributed by atoms with Crippen LogP contribution in [0.3, 0.4) is 0 Å². The van der Waals surface area contributed by atoms with Crippen LogP contribution >= 0.6 is 46.4 Å². The van der Waals surface area contributed by atoms with E-state index < -0.39 is 34.4 Å². The molecule has 12 heteroatoms. The predicted octanol–water partition coefficient (Wildman–Crippen LogP) is 6.36. The van der Waals surface area contributed by atoms with Gasteiger partial charge in [0.25, 0.3) is 10.0 Å². The average molecular weight is 631 g/mol. The number of halogens is 4. The number of benzene rings is 3. The molecule has 0 fully saturated rings. The summed E-state index contributed by atoms with van der Waals surface area (Å²) in [7, 11) is -2.81. The van der Waals surface area contributed by atoms with Crippen molar-refractivity contribution >= 4 is 73.9 Å². The highest BCUT2D eigenvalue weighted by atomic mass is 35.5. The highest BCUT2D eigenvalue weighted by molar-refractivity contribution is 7.92. The van der Waals surface area contributed by atoms with Crippen LogP contribution in [0.15, 0.2) is 65.6 Å². The van der Waals surface area contributed by atoms with E-state index in [-0.39, 0.29) is 33.6 Å². The summed E-state index contributed by atoms with van der Waals surface area (Å²) in [6.45, 7) is 2.79. The molecule has 0 aliphatic rings. The van der Waals surface area contributed by atoms with Crippen molar-refractivity contribution in [2.24, 2.45) is 0 Å². The minimum absolute atomic E-state index is 0.0314. The molecule has 2 amide bonds. The van der Waals surface area contributed by atoms with Crippen LogP contribution < -0.4 is 9.62 Å². The van der Waals surface area contributed by atoms with Crippen molar-refractivity contribution in [3.8, 4) is 0 Å². The first kappa shape index (κ1) is 31.0. The van der Waals surface area contributed by atoms with Crippen molar-refractivity contribution in [1.29, 1.82) is 0 Å². The Labute approximate surface area is 248 Å². The number of aryl methyl sites for hydroxylation is 1. The number of carbonyl (C=O) groups is 2. The van der Waals surface area contributed by atoms with Crippen LogP contribution in [0, 0.1) is 6.92 Å². The Morgan fingerprint density at radius 3 is 2.00 bits per heavy atom. The molecule has 0 saturated carbocycles. The van der Waals surface area contributed by atoms with E-state index >= 15 is 0 Å². The Morgan fingerprint density at radius 2 is 1.49 bits per heavy atom. The molecule has 3 aromatic rings. The number of likely N-dealkylation sites (N-methyl/N-ethyl adjacent to an activating group) is 1. The number of hydrogen-bond acceptors (Lipinski definition) is 4. The molecule has 0 spiro atoms. The first-order chi connectivity index (χ1) is 18.4. The summed E-state index contributed by atoms with van der Waals surface area (Å²) in [5.74, 6) is -1.08. The van der Waals surface area contributed by atoms with E-state index in [2.05, 4.69) is 5.32 Å². The molecule has 0 bridgehead atoms. The maximum absolute atomic E-state index is 14.0. The maximum atomic E-state index is 14.0. The lowest BCUT2D eigenvalue weighted by molar-refractivity contribution is -0.140. The molecule has 1 atom stereocenters. The fraction of sp³-hybridized carbons (Fsp3) is 0.259. The summed E-state index contributed by atoms with van der Waals surface area (Å²) in [6, 6.07) is 14.4. The van der Waals surface area contributed by atoms with Gasteiger partial charge in [0.05, 0.1) is 10.6 Å². The van der Waals surface area contributed by atoms with Gasteiger partial charge in [-0.05, 0) is 55.8 Å². The molecule has 0 radical (unpaired) electrons. The number of nitrogens with zero attached hydrogens (tertiary/aromatic N) is 2. The molecule has 0 heterocycles. The molecule has 0 aliphatic carbocycles. The largest absolute Gasteiger partial charge is 0.357 e. The lowest BCUT2D eigenvalue weighted by Crippen LogP contribution is -2.51. The van der Waals surface area contributed by atoms with Gasteiger partial charge < -0.3 is 10.2 Å². The number of anilines is 1. The van der Waals surface area contributed by atoms with Crippen molar-refractivity contribution < 1.29 is 18.0 Å². The topological polar surface area (TPSA) is 86.8 Å².